The van der Waals surface area contributed by atoms with Crippen molar-refractivity contribution in [2.24, 2.45) is 0 Å². The second-order valence-electron chi connectivity index (χ2n) is 6.30. The molecule has 2 aromatic heterocycles. The maximum atomic E-state index is 12.7. The number of carbonyl (C=O) groups is 2. The fourth-order valence-corrected chi connectivity index (χ4v) is 4.20. The first-order chi connectivity index (χ1) is 12.9. The molecule has 0 radical (unpaired) electrons. The zero-order chi connectivity index (χ0) is 19.0. The van der Waals surface area contributed by atoms with Crippen molar-refractivity contribution in [3.8, 4) is 5.75 Å². The molecule has 2 amide bonds. The monoisotopic (exact) mass is 400 g/mol. The fraction of sp³-hybridized carbons (Fsp3) is 0.222. The van der Waals surface area contributed by atoms with Crippen LogP contribution in [0.1, 0.15) is 22.4 Å². The molecule has 0 saturated carbocycles. The first-order valence-corrected chi connectivity index (χ1v) is 9.91. The highest BCUT2D eigenvalue weighted by Gasteiger charge is 2.47. The lowest BCUT2D eigenvalue weighted by Gasteiger charge is -2.33. The van der Waals surface area contributed by atoms with E-state index in [1.165, 1.54) is 18.3 Å². The van der Waals surface area contributed by atoms with Crippen LogP contribution in [0.2, 0.25) is 0 Å². The third-order valence-electron chi connectivity index (χ3n) is 4.16. The van der Waals surface area contributed by atoms with Crippen molar-refractivity contribution >= 4 is 45.3 Å². The van der Waals surface area contributed by atoms with E-state index < -0.39 is 17.4 Å². The Bertz CT molecular complexity index is 1020. The number of nitrogens with one attached hydrogen (secondary N) is 2. The number of thiophene rings is 1. The largest absolute Gasteiger partial charge is 0.466 e. The van der Waals surface area contributed by atoms with Crippen LogP contribution in [0.4, 0.5) is 10.8 Å². The van der Waals surface area contributed by atoms with Gasteiger partial charge in [-0.05, 0) is 43.0 Å². The molecule has 0 bridgehead atoms. The van der Waals surface area contributed by atoms with Crippen molar-refractivity contribution in [1.29, 1.82) is 0 Å². The summed E-state index contributed by atoms with van der Waals surface area (Å²) in [5, 5.41) is 16.6. The average Bonchev–Trinajstić information content (AvgIpc) is 3.29. The second-order valence-corrected chi connectivity index (χ2v) is 8.39. The molecule has 2 N–H and O–H groups in total. The molecule has 1 aromatic carbocycles. The smallest absolute Gasteiger partial charge is 0.280 e. The maximum absolute atomic E-state index is 12.7. The fourth-order valence-electron chi connectivity index (χ4n) is 2.64. The standard InChI is InChI=1S/C18H16N4O3S2/c1-10-5-6-13-12(8-10)19-15(23)18(2,25-13)16(24)20-17-22-21-14(27-17)9-11-4-3-7-26-11/h3-8H,9H2,1-2H3,(H,19,23)(H,20,22,24). The van der Waals surface area contributed by atoms with Crippen LogP contribution in [0.3, 0.4) is 0 Å². The molecule has 0 saturated heterocycles. The third-order valence-corrected chi connectivity index (χ3v) is 5.87. The minimum absolute atomic E-state index is 0.332. The number of nitrogens with zero attached hydrogens (tertiary/aromatic N) is 2. The Morgan fingerprint density at radius 1 is 1.33 bits per heavy atom. The van der Waals surface area contributed by atoms with Crippen LogP contribution >= 0.6 is 22.7 Å². The first kappa shape index (κ1) is 17.6. The van der Waals surface area contributed by atoms with E-state index in [-0.39, 0.29) is 0 Å². The number of ether oxygens (including phenoxy) is 1. The molecule has 0 fully saturated rings. The first-order valence-electron chi connectivity index (χ1n) is 8.21. The number of rotatable bonds is 4. The molecule has 3 aromatic rings. The van der Waals surface area contributed by atoms with Gasteiger partial charge < -0.3 is 10.1 Å². The number of benzene rings is 1. The Balaban J connectivity index is 1.50. The lowest BCUT2D eigenvalue weighted by Crippen LogP contribution is -2.56. The van der Waals surface area contributed by atoms with E-state index in [2.05, 4.69) is 20.8 Å². The summed E-state index contributed by atoms with van der Waals surface area (Å²) in [4.78, 5) is 26.4. The van der Waals surface area contributed by atoms with Gasteiger partial charge in [-0.3, -0.25) is 14.9 Å². The molecular weight excluding hydrogens is 384 g/mol. The highest BCUT2D eigenvalue weighted by molar-refractivity contribution is 7.15. The topological polar surface area (TPSA) is 93.2 Å². The summed E-state index contributed by atoms with van der Waals surface area (Å²) in [6.07, 6.45) is 0.659. The van der Waals surface area contributed by atoms with Gasteiger partial charge in [0.15, 0.2) is 0 Å². The van der Waals surface area contributed by atoms with Crippen LogP contribution < -0.4 is 15.4 Å². The lowest BCUT2D eigenvalue weighted by molar-refractivity contribution is -0.143. The minimum atomic E-state index is -1.69. The highest BCUT2D eigenvalue weighted by atomic mass is 32.1. The van der Waals surface area contributed by atoms with Crippen LogP contribution in [0.5, 0.6) is 5.75 Å². The summed E-state index contributed by atoms with van der Waals surface area (Å²) in [6, 6.07) is 9.38. The van der Waals surface area contributed by atoms with Crippen molar-refractivity contribution in [1.82, 2.24) is 10.2 Å². The zero-order valence-corrected chi connectivity index (χ0v) is 16.2. The molecule has 1 aliphatic rings. The van der Waals surface area contributed by atoms with Crippen LogP contribution in [-0.4, -0.2) is 27.6 Å². The summed E-state index contributed by atoms with van der Waals surface area (Å²) >= 11 is 2.91. The molecule has 1 atom stereocenters. The summed E-state index contributed by atoms with van der Waals surface area (Å²) in [7, 11) is 0. The van der Waals surface area contributed by atoms with E-state index >= 15 is 0 Å². The number of aromatic nitrogens is 2. The van der Waals surface area contributed by atoms with Gasteiger partial charge in [0, 0.05) is 11.3 Å². The summed E-state index contributed by atoms with van der Waals surface area (Å²) in [5.41, 5.74) is -0.153. The quantitative estimate of drug-likeness (QED) is 0.656. The third kappa shape index (κ3) is 3.43. The highest BCUT2D eigenvalue weighted by Crippen LogP contribution is 2.35. The number of carbonyl (C=O) groups excluding carboxylic acids is 2. The lowest BCUT2D eigenvalue weighted by atomic mass is 10.0. The predicted octanol–water partition coefficient (Wildman–Crippen LogP) is 3.23. The molecule has 0 aliphatic carbocycles. The second kappa shape index (κ2) is 6.75. The zero-order valence-electron chi connectivity index (χ0n) is 14.6. The van der Waals surface area contributed by atoms with Gasteiger partial charge in [-0.15, -0.1) is 21.5 Å². The van der Waals surface area contributed by atoms with Crippen molar-refractivity contribution in [2.75, 3.05) is 10.6 Å². The average molecular weight is 400 g/mol. The number of fused-ring (bicyclic) bond motifs is 1. The van der Waals surface area contributed by atoms with Gasteiger partial charge in [-0.25, -0.2) is 0 Å². The number of amides is 2. The van der Waals surface area contributed by atoms with Crippen molar-refractivity contribution in [3.63, 3.8) is 0 Å². The molecule has 0 spiro atoms. The molecule has 27 heavy (non-hydrogen) atoms. The van der Waals surface area contributed by atoms with E-state index in [1.54, 1.807) is 23.5 Å². The maximum Gasteiger partial charge on any atom is 0.280 e. The number of aryl methyl sites for hydroxylation is 1. The van der Waals surface area contributed by atoms with Gasteiger partial charge in [-0.1, -0.05) is 23.5 Å². The van der Waals surface area contributed by atoms with Gasteiger partial charge >= 0.3 is 0 Å². The molecule has 1 aliphatic heterocycles. The van der Waals surface area contributed by atoms with Gasteiger partial charge in [-0.2, -0.15) is 0 Å². The molecule has 9 heteroatoms. The van der Waals surface area contributed by atoms with E-state index in [0.29, 0.717) is 23.0 Å². The Labute approximate surface area is 163 Å². The Hall–Kier alpha value is -2.78. The minimum Gasteiger partial charge on any atom is -0.466 e. The van der Waals surface area contributed by atoms with Crippen LogP contribution in [0, 0.1) is 6.92 Å². The van der Waals surface area contributed by atoms with Crippen molar-refractivity contribution in [3.05, 3.63) is 51.2 Å². The molecule has 1 unspecified atom stereocenters. The molecule has 3 heterocycles. The number of anilines is 2. The van der Waals surface area contributed by atoms with Crippen molar-refractivity contribution in [2.45, 2.75) is 25.9 Å². The van der Waals surface area contributed by atoms with Crippen molar-refractivity contribution < 1.29 is 14.3 Å². The SMILES string of the molecule is Cc1ccc2c(c1)NC(=O)C(C)(C(=O)Nc1nnc(Cc3cccs3)s1)O2. The Morgan fingerprint density at radius 3 is 2.96 bits per heavy atom. The van der Waals surface area contributed by atoms with E-state index in [0.717, 1.165) is 15.4 Å². The van der Waals surface area contributed by atoms with Gasteiger partial charge in [0.25, 0.3) is 17.4 Å². The van der Waals surface area contributed by atoms with Crippen LogP contribution in [0.15, 0.2) is 35.7 Å². The van der Waals surface area contributed by atoms with E-state index in [4.69, 9.17) is 4.74 Å². The normalized spacial score (nSPS) is 18.4. The Kier molecular flexibility index (Phi) is 4.40. The molecule has 138 valence electrons. The molecule has 7 nitrogen and oxygen atoms in total. The molecule has 4 rings (SSSR count). The Morgan fingerprint density at radius 2 is 2.19 bits per heavy atom. The number of hydrogen-bond donors (Lipinski definition) is 2. The molecular formula is C18H16N4O3S2. The summed E-state index contributed by atoms with van der Waals surface area (Å²) in [5.74, 6) is -0.667. The van der Waals surface area contributed by atoms with Crippen LogP contribution in [0.25, 0.3) is 0 Å². The predicted molar refractivity (Wildman–Crippen MR) is 105 cm³/mol. The van der Waals surface area contributed by atoms with Gasteiger partial charge in [0.05, 0.1) is 5.69 Å². The summed E-state index contributed by atoms with van der Waals surface area (Å²) in [6.45, 7) is 3.35. The van der Waals surface area contributed by atoms with E-state index in [9.17, 15) is 9.59 Å². The van der Waals surface area contributed by atoms with Gasteiger partial charge in [0.1, 0.15) is 10.8 Å². The summed E-state index contributed by atoms with van der Waals surface area (Å²) < 4.78 is 5.75. The van der Waals surface area contributed by atoms with Gasteiger partial charge in [0.2, 0.25) is 5.13 Å². The number of hydrogen-bond acceptors (Lipinski definition) is 7. The van der Waals surface area contributed by atoms with E-state index in [1.807, 2.05) is 30.5 Å². The van der Waals surface area contributed by atoms with Crippen LogP contribution in [-0.2, 0) is 16.0 Å².